The molecule has 1 heterocycles. The first-order chi connectivity index (χ1) is 11.2. The van der Waals surface area contributed by atoms with Crippen LogP contribution in [0.1, 0.15) is 21.6 Å². The van der Waals surface area contributed by atoms with E-state index in [9.17, 15) is 4.79 Å². The highest BCUT2D eigenvalue weighted by atomic mass is 35.5. The van der Waals surface area contributed by atoms with Crippen molar-refractivity contribution in [1.82, 2.24) is 15.0 Å². The minimum absolute atomic E-state index is 0.0796. The Labute approximate surface area is 138 Å². The summed E-state index contributed by atoms with van der Waals surface area (Å²) in [6.07, 6.45) is 1.77. The molecule has 2 aromatic carbocycles. The standard InChI is InChI=1S/C17H14ClN3O2/c18-15-8-6-14(7-9-15)17(22)23-12-16-11-21(20-19-16)10-13-4-2-1-3-5-13/h1-9,11H,10,12H2. The summed E-state index contributed by atoms with van der Waals surface area (Å²) in [4.78, 5) is 11.9. The lowest BCUT2D eigenvalue weighted by molar-refractivity contribution is 0.0467. The molecule has 23 heavy (non-hydrogen) atoms. The van der Waals surface area contributed by atoms with Crippen LogP contribution in [-0.2, 0) is 17.9 Å². The van der Waals surface area contributed by atoms with Gasteiger partial charge in [0.1, 0.15) is 12.3 Å². The maximum Gasteiger partial charge on any atom is 0.338 e. The third-order valence-corrected chi connectivity index (χ3v) is 3.46. The van der Waals surface area contributed by atoms with Gasteiger partial charge in [-0.3, -0.25) is 0 Å². The number of carbonyl (C=O) groups excluding carboxylic acids is 1. The Morgan fingerprint density at radius 3 is 2.57 bits per heavy atom. The van der Waals surface area contributed by atoms with Gasteiger partial charge in [0, 0.05) is 5.02 Å². The molecule has 0 N–H and O–H groups in total. The highest BCUT2D eigenvalue weighted by molar-refractivity contribution is 6.30. The van der Waals surface area contributed by atoms with E-state index >= 15 is 0 Å². The average molecular weight is 328 g/mol. The van der Waals surface area contributed by atoms with Crippen molar-refractivity contribution in [3.8, 4) is 0 Å². The zero-order valence-corrected chi connectivity index (χ0v) is 13.0. The molecule has 0 amide bonds. The van der Waals surface area contributed by atoms with E-state index in [0.717, 1.165) is 5.56 Å². The minimum Gasteiger partial charge on any atom is -0.455 e. The van der Waals surface area contributed by atoms with Crippen molar-refractivity contribution in [3.05, 3.63) is 82.6 Å². The van der Waals surface area contributed by atoms with Crippen LogP contribution in [0, 0.1) is 0 Å². The lowest BCUT2D eigenvalue weighted by atomic mass is 10.2. The summed E-state index contributed by atoms with van der Waals surface area (Å²) in [5.74, 6) is -0.417. The van der Waals surface area contributed by atoms with Crippen molar-refractivity contribution < 1.29 is 9.53 Å². The van der Waals surface area contributed by atoms with Gasteiger partial charge in [0.25, 0.3) is 0 Å². The van der Waals surface area contributed by atoms with Crippen LogP contribution in [-0.4, -0.2) is 21.0 Å². The van der Waals surface area contributed by atoms with Crippen LogP contribution >= 0.6 is 11.6 Å². The summed E-state index contributed by atoms with van der Waals surface area (Å²) in [6, 6.07) is 16.5. The van der Waals surface area contributed by atoms with Gasteiger partial charge in [0.2, 0.25) is 0 Å². The van der Waals surface area contributed by atoms with Crippen LogP contribution in [0.3, 0.4) is 0 Å². The quantitative estimate of drug-likeness (QED) is 0.674. The molecule has 0 spiro atoms. The zero-order chi connectivity index (χ0) is 16.1. The fourth-order valence-electron chi connectivity index (χ4n) is 2.06. The largest absolute Gasteiger partial charge is 0.455 e. The number of hydrogen-bond acceptors (Lipinski definition) is 4. The second-order valence-electron chi connectivity index (χ2n) is 4.98. The van der Waals surface area contributed by atoms with Crippen molar-refractivity contribution in [2.24, 2.45) is 0 Å². The maximum atomic E-state index is 11.9. The molecular weight excluding hydrogens is 314 g/mol. The van der Waals surface area contributed by atoms with E-state index in [4.69, 9.17) is 16.3 Å². The van der Waals surface area contributed by atoms with E-state index in [-0.39, 0.29) is 6.61 Å². The van der Waals surface area contributed by atoms with Crippen LogP contribution in [0.25, 0.3) is 0 Å². The molecule has 6 heteroatoms. The second kappa shape index (κ2) is 7.07. The van der Waals surface area contributed by atoms with Gasteiger partial charge in [-0.1, -0.05) is 47.1 Å². The van der Waals surface area contributed by atoms with Gasteiger partial charge in [-0.25, -0.2) is 9.48 Å². The minimum atomic E-state index is -0.417. The molecule has 0 fully saturated rings. The molecule has 0 atom stereocenters. The van der Waals surface area contributed by atoms with Gasteiger partial charge >= 0.3 is 5.97 Å². The smallest absolute Gasteiger partial charge is 0.338 e. The van der Waals surface area contributed by atoms with E-state index in [1.807, 2.05) is 30.3 Å². The monoisotopic (exact) mass is 327 g/mol. The predicted molar refractivity (Wildman–Crippen MR) is 86.1 cm³/mol. The SMILES string of the molecule is O=C(OCc1cn(Cc2ccccc2)nn1)c1ccc(Cl)cc1. The first-order valence-corrected chi connectivity index (χ1v) is 7.44. The molecule has 0 saturated heterocycles. The van der Waals surface area contributed by atoms with Gasteiger partial charge in [0.15, 0.2) is 0 Å². The van der Waals surface area contributed by atoms with Crippen molar-refractivity contribution >= 4 is 17.6 Å². The average Bonchev–Trinajstić information content (AvgIpc) is 3.02. The van der Waals surface area contributed by atoms with Gasteiger partial charge < -0.3 is 4.74 Å². The summed E-state index contributed by atoms with van der Waals surface area (Å²) in [6.45, 7) is 0.704. The number of rotatable bonds is 5. The number of nitrogens with zero attached hydrogens (tertiary/aromatic N) is 3. The van der Waals surface area contributed by atoms with Crippen LogP contribution in [0.2, 0.25) is 5.02 Å². The Balaban J connectivity index is 1.57. The maximum absolute atomic E-state index is 11.9. The number of halogens is 1. The predicted octanol–water partition coefficient (Wildman–Crippen LogP) is 3.34. The Morgan fingerprint density at radius 1 is 1.09 bits per heavy atom. The summed E-state index contributed by atoms with van der Waals surface area (Å²) < 4.78 is 6.93. The number of hydrogen-bond donors (Lipinski definition) is 0. The second-order valence-corrected chi connectivity index (χ2v) is 5.41. The van der Waals surface area contributed by atoms with Crippen molar-refractivity contribution in [2.45, 2.75) is 13.2 Å². The third-order valence-electron chi connectivity index (χ3n) is 3.20. The third kappa shape index (κ3) is 4.17. The molecule has 0 saturated carbocycles. The Hall–Kier alpha value is -2.66. The van der Waals surface area contributed by atoms with Crippen molar-refractivity contribution in [1.29, 1.82) is 0 Å². The number of ether oxygens (including phenoxy) is 1. The highest BCUT2D eigenvalue weighted by Crippen LogP contribution is 2.11. The molecule has 3 aromatic rings. The lowest BCUT2D eigenvalue weighted by Crippen LogP contribution is -2.05. The fraction of sp³-hybridized carbons (Fsp3) is 0.118. The molecule has 0 aliphatic rings. The Kier molecular flexibility index (Phi) is 4.68. The molecule has 0 radical (unpaired) electrons. The summed E-state index contributed by atoms with van der Waals surface area (Å²) in [5, 5.41) is 8.61. The van der Waals surface area contributed by atoms with E-state index in [0.29, 0.717) is 22.8 Å². The number of benzene rings is 2. The number of carbonyl (C=O) groups is 1. The van der Waals surface area contributed by atoms with Gasteiger partial charge in [-0.15, -0.1) is 5.10 Å². The molecule has 5 nitrogen and oxygen atoms in total. The first-order valence-electron chi connectivity index (χ1n) is 7.06. The van der Waals surface area contributed by atoms with Crippen LogP contribution in [0.15, 0.2) is 60.8 Å². The van der Waals surface area contributed by atoms with Crippen LogP contribution in [0.4, 0.5) is 0 Å². The first kappa shape index (κ1) is 15.2. The lowest BCUT2D eigenvalue weighted by Gasteiger charge is -2.02. The van der Waals surface area contributed by atoms with E-state index < -0.39 is 5.97 Å². The van der Waals surface area contributed by atoms with Gasteiger partial charge in [-0.2, -0.15) is 0 Å². The van der Waals surface area contributed by atoms with E-state index in [2.05, 4.69) is 10.3 Å². The number of aromatic nitrogens is 3. The molecule has 1 aromatic heterocycles. The molecule has 0 unspecified atom stereocenters. The molecule has 116 valence electrons. The topological polar surface area (TPSA) is 57.0 Å². The fourth-order valence-corrected chi connectivity index (χ4v) is 2.19. The van der Waals surface area contributed by atoms with Gasteiger partial charge in [0.05, 0.1) is 18.3 Å². The number of esters is 1. The van der Waals surface area contributed by atoms with E-state index in [1.165, 1.54) is 0 Å². The molecule has 3 rings (SSSR count). The summed E-state index contributed by atoms with van der Waals surface area (Å²) in [7, 11) is 0. The zero-order valence-electron chi connectivity index (χ0n) is 12.2. The highest BCUT2D eigenvalue weighted by Gasteiger charge is 2.09. The van der Waals surface area contributed by atoms with Crippen LogP contribution in [0.5, 0.6) is 0 Å². The molecule has 0 aliphatic carbocycles. The van der Waals surface area contributed by atoms with Gasteiger partial charge in [-0.05, 0) is 29.8 Å². The Bertz CT molecular complexity index is 785. The molecular formula is C17H14ClN3O2. The Morgan fingerprint density at radius 2 is 1.83 bits per heavy atom. The molecule has 0 aliphatic heterocycles. The molecule has 0 bridgehead atoms. The van der Waals surface area contributed by atoms with Crippen LogP contribution < -0.4 is 0 Å². The summed E-state index contributed by atoms with van der Waals surface area (Å²) >= 11 is 5.79. The van der Waals surface area contributed by atoms with Crippen molar-refractivity contribution in [3.63, 3.8) is 0 Å². The van der Waals surface area contributed by atoms with Crippen molar-refractivity contribution in [2.75, 3.05) is 0 Å². The summed E-state index contributed by atoms with van der Waals surface area (Å²) in [5.41, 5.74) is 2.18. The van der Waals surface area contributed by atoms with E-state index in [1.54, 1.807) is 35.1 Å². The normalized spacial score (nSPS) is 10.5.